The summed E-state index contributed by atoms with van der Waals surface area (Å²) in [6.45, 7) is 1.30. The predicted molar refractivity (Wildman–Crippen MR) is 37.7 cm³/mol. The molecule has 0 heterocycles. The van der Waals surface area contributed by atoms with Gasteiger partial charge in [0, 0.05) is 19.8 Å². The van der Waals surface area contributed by atoms with Crippen LogP contribution in [0.3, 0.4) is 0 Å². The number of carbonyl (C=O) groups excluding carboxylic acids is 2. The molecule has 1 aliphatic carbocycles. The van der Waals surface area contributed by atoms with Gasteiger partial charge in [-0.15, -0.1) is 0 Å². The summed E-state index contributed by atoms with van der Waals surface area (Å²) in [5.41, 5.74) is 0.0671. The molecule has 0 aromatic carbocycles. The Morgan fingerprint density at radius 1 is 1.55 bits per heavy atom. The molecule has 0 radical (unpaired) electrons. The van der Waals surface area contributed by atoms with Gasteiger partial charge in [-0.1, -0.05) is 0 Å². The molecule has 60 valence electrons. The van der Waals surface area contributed by atoms with E-state index in [1.54, 1.807) is 0 Å². The van der Waals surface area contributed by atoms with Crippen molar-refractivity contribution in [2.45, 2.75) is 19.8 Å². The lowest BCUT2D eigenvalue weighted by Crippen LogP contribution is -2.23. The predicted octanol–water partition coefficient (Wildman–Crippen LogP) is 0.255. The number of allylic oxidation sites excluding steroid dienone is 2. The molecule has 0 fully saturated rings. The minimum atomic E-state index is -0.332. The van der Waals surface area contributed by atoms with Crippen LogP contribution in [0.1, 0.15) is 19.8 Å². The number of hydrogen-bond acceptors (Lipinski definition) is 3. The van der Waals surface area contributed by atoms with Gasteiger partial charge >= 0.3 is 0 Å². The molecule has 1 aliphatic rings. The molecule has 0 bridgehead atoms. The highest BCUT2D eigenvalue weighted by Gasteiger charge is 2.22. The summed E-state index contributed by atoms with van der Waals surface area (Å²) in [6.07, 6.45) is 0.635. The number of hydrogen-bond donors (Lipinski definition) is 2. The number of nitrogens with one attached hydrogen (secondary N) is 1. The zero-order chi connectivity index (χ0) is 8.43. The second kappa shape index (κ2) is 2.74. The van der Waals surface area contributed by atoms with Crippen molar-refractivity contribution < 1.29 is 14.7 Å². The van der Waals surface area contributed by atoms with Crippen LogP contribution in [0.25, 0.3) is 0 Å². The molecular formula is C7H9NO3. The third-order valence-electron chi connectivity index (χ3n) is 1.46. The molecule has 0 saturated heterocycles. The highest BCUT2D eigenvalue weighted by Crippen LogP contribution is 2.17. The first-order chi connectivity index (χ1) is 5.11. The van der Waals surface area contributed by atoms with E-state index in [0.717, 1.165) is 0 Å². The van der Waals surface area contributed by atoms with E-state index < -0.39 is 0 Å². The van der Waals surface area contributed by atoms with E-state index in [-0.39, 0.29) is 23.1 Å². The maximum absolute atomic E-state index is 10.9. The lowest BCUT2D eigenvalue weighted by atomic mass is 10.3. The lowest BCUT2D eigenvalue weighted by molar-refractivity contribution is -0.121. The molecule has 4 heteroatoms. The third-order valence-corrected chi connectivity index (χ3v) is 1.46. The molecule has 0 aromatic rings. The zero-order valence-electron chi connectivity index (χ0n) is 6.18. The normalized spacial score (nSPS) is 17.4. The van der Waals surface area contributed by atoms with Gasteiger partial charge in [0.1, 0.15) is 11.5 Å². The van der Waals surface area contributed by atoms with Crippen LogP contribution in [0.4, 0.5) is 0 Å². The molecule has 0 atom stereocenters. The fourth-order valence-corrected chi connectivity index (χ4v) is 0.961. The van der Waals surface area contributed by atoms with Crippen molar-refractivity contribution in [3.05, 3.63) is 11.5 Å². The number of Topliss-reactive ketones (excluding diaryl/α,β-unsaturated/α-hetero) is 1. The molecule has 4 nitrogen and oxygen atoms in total. The molecular weight excluding hydrogens is 146 g/mol. The van der Waals surface area contributed by atoms with E-state index >= 15 is 0 Å². The van der Waals surface area contributed by atoms with Gasteiger partial charge < -0.3 is 10.4 Å². The molecule has 1 amide bonds. The van der Waals surface area contributed by atoms with Crippen molar-refractivity contribution in [2.75, 3.05) is 0 Å². The van der Waals surface area contributed by atoms with Gasteiger partial charge in [0.05, 0.1) is 0 Å². The number of aliphatic hydroxyl groups is 1. The van der Waals surface area contributed by atoms with E-state index in [0.29, 0.717) is 12.8 Å². The van der Waals surface area contributed by atoms with Crippen molar-refractivity contribution in [1.29, 1.82) is 0 Å². The fourth-order valence-electron chi connectivity index (χ4n) is 0.961. The first kappa shape index (κ1) is 7.78. The van der Waals surface area contributed by atoms with E-state index in [4.69, 9.17) is 5.11 Å². The summed E-state index contributed by atoms with van der Waals surface area (Å²) < 4.78 is 0. The van der Waals surface area contributed by atoms with Crippen LogP contribution in [-0.4, -0.2) is 16.8 Å². The highest BCUT2D eigenvalue weighted by atomic mass is 16.3. The van der Waals surface area contributed by atoms with E-state index in [2.05, 4.69) is 5.32 Å². The quantitative estimate of drug-likeness (QED) is 0.570. The number of amides is 1. The topological polar surface area (TPSA) is 66.4 Å². The fraction of sp³-hybridized carbons (Fsp3) is 0.429. The molecule has 1 rings (SSSR count). The Hall–Kier alpha value is -1.32. The first-order valence-corrected chi connectivity index (χ1v) is 3.34. The van der Waals surface area contributed by atoms with Gasteiger partial charge in [0.2, 0.25) is 5.91 Å². The molecule has 0 saturated carbocycles. The van der Waals surface area contributed by atoms with Crippen LogP contribution in [0.15, 0.2) is 11.5 Å². The van der Waals surface area contributed by atoms with Crippen molar-refractivity contribution in [2.24, 2.45) is 0 Å². The average molecular weight is 155 g/mol. The Labute approximate surface area is 63.9 Å². The van der Waals surface area contributed by atoms with Crippen LogP contribution in [0.2, 0.25) is 0 Å². The smallest absolute Gasteiger partial charge is 0.221 e. The highest BCUT2D eigenvalue weighted by molar-refractivity contribution is 6.00. The summed E-state index contributed by atoms with van der Waals surface area (Å²) in [5.74, 6) is -0.537. The number of rotatable bonds is 1. The Morgan fingerprint density at radius 3 is 2.55 bits per heavy atom. The van der Waals surface area contributed by atoms with Crippen molar-refractivity contribution in [3.63, 3.8) is 0 Å². The van der Waals surface area contributed by atoms with Gasteiger partial charge in [0.25, 0.3) is 0 Å². The zero-order valence-corrected chi connectivity index (χ0v) is 6.18. The maximum Gasteiger partial charge on any atom is 0.221 e. The maximum atomic E-state index is 10.9. The van der Waals surface area contributed by atoms with Crippen molar-refractivity contribution >= 4 is 11.7 Å². The summed E-state index contributed by atoms with van der Waals surface area (Å²) in [5, 5.41) is 11.3. The van der Waals surface area contributed by atoms with Gasteiger partial charge in [-0.2, -0.15) is 0 Å². The number of carbonyl (C=O) groups is 2. The first-order valence-electron chi connectivity index (χ1n) is 3.34. The average Bonchev–Trinajstić information content (AvgIpc) is 2.18. The Balaban J connectivity index is 2.75. The minimum Gasteiger partial charge on any atom is -0.510 e. The summed E-state index contributed by atoms with van der Waals surface area (Å²) in [6, 6.07) is 0. The second-order valence-electron chi connectivity index (χ2n) is 2.43. The monoisotopic (exact) mass is 155 g/mol. The summed E-state index contributed by atoms with van der Waals surface area (Å²) in [4.78, 5) is 21.4. The van der Waals surface area contributed by atoms with E-state index in [1.807, 2.05) is 0 Å². The standard InChI is InChI=1S/C7H9NO3/c1-4(9)8-7-5(10)2-3-6(7)11/h10H,2-3H2,1H3,(H,8,9). The van der Waals surface area contributed by atoms with Crippen LogP contribution in [0.5, 0.6) is 0 Å². The van der Waals surface area contributed by atoms with Gasteiger partial charge in [-0.25, -0.2) is 0 Å². The van der Waals surface area contributed by atoms with E-state index in [1.165, 1.54) is 6.92 Å². The van der Waals surface area contributed by atoms with Crippen LogP contribution in [0, 0.1) is 0 Å². The lowest BCUT2D eigenvalue weighted by Gasteiger charge is -1.99. The van der Waals surface area contributed by atoms with Crippen molar-refractivity contribution in [1.82, 2.24) is 5.32 Å². The van der Waals surface area contributed by atoms with Crippen LogP contribution < -0.4 is 5.32 Å². The molecule has 0 spiro atoms. The molecule has 0 unspecified atom stereocenters. The second-order valence-corrected chi connectivity index (χ2v) is 2.43. The van der Waals surface area contributed by atoms with Crippen LogP contribution in [-0.2, 0) is 9.59 Å². The van der Waals surface area contributed by atoms with Gasteiger partial charge in [0.15, 0.2) is 5.78 Å². The van der Waals surface area contributed by atoms with Crippen LogP contribution >= 0.6 is 0 Å². The Kier molecular flexibility index (Phi) is 1.94. The molecule has 11 heavy (non-hydrogen) atoms. The van der Waals surface area contributed by atoms with E-state index in [9.17, 15) is 9.59 Å². The number of aliphatic hydroxyl groups excluding tert-OH is 1. The molecule has 0 aromatic heterocycles. The molecule has 2 N–H and O–H groups in total. The number of ketones is 1. The minimum absolute atomic E-state index is 0.00907. The van der Waals surface area contributed by atoms with Gasteiger partial charge in [-0.3, -0.25) is 9.59 Å². The third kappa shape index (κ3) is 1.58. The Bertz CT molecular complexity index is 242. The Morgan fingerprint density at radius 2 is 2.18 bits per heavy atom. The largest absolute Gasteiger partial charge is 0.510 e. The van der Waals surface area contributed by atoms with Crippen molar-refractivity contribution in [3.8, 4) is 0 Å². The summed E-state index contributed by atoms with van der Waals surface area (Å²) >= 11 is 0. The van der Waals surface area contributed by atoms with Gasteiger partial charge in [-0.05, 0) is 0 Å². The SMILES string of the molecule is CC(=O)NC1=C(O)CCC1=O. The molecule has 0 aliphatic heterocycles. The summed E-state index contributed by atoms with van der Waals surface area (Å²) in [7, 11) is 0.